The van der Waals surface area contributed by atoms with Crippen LogP contribution < -0.4 is 0 Å². The van der Waals surface area contributed by atoms with Crippen molar-refractivity contribution in [3.8, 4) is 0 Å². The van der Waals surface area contributed by atoms with Gasteiger partial charge in [-0.05, 0) is 39.0 Å². The molecule has 0 bridgehead atoms. The fourth-order valence-corrected chi connectivity index (χ4v) is 3.14. The third-order valence-corrected chi connectivity index (χ3v) is 4.92. The van der Waals surface area contributed by atoms with Gasteiger partial charge < -0.3 is 4.74 Å². The maximum Gasteiger partial charge on any atom is 0.306 e. The molecule has 0 unspecified atom stereocenters. The molecule has 0 fully saturated rings. The van der Waals surface area contributed by atoms with E-state index in [1.165, 1.54) is 77.0 Å². The van der Waals surface area contributed by atoms with Crippen LogP contribution in [0, 0.1) is 0 Å². The lowest BCUT2D eigenvalue weighted by atomic mass is 10.1. The summed E-state index contributed by atoms with van der Waals surface area (Å²) >= 11 is 0. The van der Waals surface area contributed by atoms with Gasteiger partial charge in [-0.15, -0.1) is 0 Å². The lowest BCUT2D eigenvalue weighted by Crippen LogP contribution is -2.03. The van der Waals surface area contributed by atoms with Crippen molar-refractivity contribution in [1.29, 1.82) is 0 Å². The van der Waals surface area contributed by atoms with Crippen molar-refractivity contribution < 1.29 is 9.53 Å². The maximum absolute atomic E-state index is 11.7. The number of carbonyl (C=O) groups is 1. The Kier molecular flexibility index (Phi) is 22.6. The van der Waals surface area contributed by atoms with Crippen LogP contribution in [0.4, 0.5) is 0 Å². The highest BCUT2D eigenvalue weighted by atomic mass is 16.5. The van der Waals surface area contributed by atoms with Crippen LogP contribution in [0.2, 0.25) is 0 Å². The topological polar surface area (TPSA) is 26.3 Å². The SMILES string of the molecule is C/C=C\C=C\CCCCCCCCCCC(=O)OC/C=C\CCCCCCC. The van der Waals surface area contributed by atoms with Crippen LogP contribution >= 0.6 is 0 Å². The first kappa shape index (κ1) is 26.7. The minimum atomic E-state index is -0.0430. The average Bonchev–Trinajstić information content (AvgIpc) is 2.70. The van der Waals surface area contributed by atoms with Gasteiger partial charge in [0.2, 0.25) is 0 Å². The predicted molar refractivity (Wildman–Crippen MR) is 124 cm³/mol. The van der Waals surface area contributed by atoms with Gasteiger partial charge in [0.25, 0.3) is 0 Å². The van der Waals surface area contributed by atoms with E-state index in [0.29, 0.717) is 13.0 Å². The van der Waals surface area contributed by atoms with Crippen molar-refractivity contribution >= 4 is 5.97 Å². The molecule has 0 heterocycles. The Morgan fingerprint density at radius 3 is 1.89 bits per heavy atom. The van der Waals surface area contributed by atoms with E-state index in [2.05, 4.69) is 37.3 Å². The molecule has 28 heavy (non-hydrogen) atoms. The van der Waals surface area contributed by atoms with E-state index in [4.69, 9.17) is 4.74 Å². The first-order valence-corrected chi connectivity index (χ1v) is 11.9. The molecule has 0 aromatic rings. The molecule has 0 aliphatic carbocycles. The van der Waals surface area contributed by atoms with Crippen LogP contribution in [-0.4, -0.2) is 12.6 Å². The van der Waals surface area contributed by atoms with Crippen molar-refractivity contribution in [3.63, 3.8) is 0 Å². The highest BCUT2D eigenvalue weighted by Gasteiger charge is 2.01. The maximum atomic E-state index is 11.7. The zero-order valence-corrected chi connectivity index (χ0v) is 18.8. The number of ether oxygens (including phenoxy) is 1. The van der Waals surface area contributed by atoms with Gasteiger partial charge >= 0.3 is 5.97 Å². The molecule has 0 spiro atoms. The normalized spacial score (nSPS) is 11.9. The smallest absolute Gasteiger partial charge is 0.306 e. The lowest BCUT2D eigenvalue weighted by molar-refractivity contribution is -0.142. The highest BCUT2D eigenvalue weighted by molar-refractivity contribution is 5.69. The lowest BCUT2D eigenvalue weighted by Gasteiger charge is -2.03. The molecule has 0 atom stereocenters. The minimum Gasteiger partial charge on any atom is -0.461 e. The Morgan fingerprint density at radius 1 is 0.679 bits per heavy atom. The molecule has 0 rings (SSSR count). The minimum absolute atomic E-state index is 0.0430. The number of allylic oxidation sites excluding steroid dienone is 5. The van der Waals surface area contributed by atoms with Crippen molar-refractivity contribution in [3.05, 3.63) is 36.5 Å². The Balaban J connectivity index is 3.26. The fraction of sp³-hybridized carbons (Fsp3) is 0.731. The zero-order valence-electron chi connectivity index (χ0n) is 18.8. The van der Waals surface area contributed by atoms with Gasteiger partial charge in [-0.3, -0.25) is 4.79 Å². The average molecular weight is 391 g/mol. The van der Waals surface area contributed by atoms with Gasteiger partial charge in [0.15, 0.2) is 0 Å². The third-order valence-electron chi connectivity index (χ3n) is 4.92. The van der Waals surface area contributed by atoms with Crippen molar-refractivity contribution in [2.24, 2.45) is 0 Å². The number of rotatable bonds is 20. The summed E-state index contributed by atoms with van der Waals surface area (Å²) in [5.74, 6) is -0.0430. The first-order chi connectivity index (χ1) is 13.8. The van der Waals surface area contributed by atoms with Crippen LogP contribution in [-0.2, 0) is 9.53 Å². The molecule has 2 nitrogen and oxygen atoms in total. The molecule has 0 aliphatic heterocycles. The van der Waals surface area contributed by atoms with Crippen LogP contribution in [0.15, 0.2) is 36.5 Å². The van der Waals surface area contributed by atoms with E-state index in [1.807, 2.05) is 13.0 Å². The van der Waals surface area contributed by atoms with Crippen LogP contribution in [0.5, 0.6) is 0 Å². The molecule has 0 radical (unpaired) electrons. The first-order valence-electron chi connectivity index (χ1n) is 11.9. The van der Waals surface area contributed by atoms with Gasteiger partial charge in [0.1, 0.15) is 6.61 Å². The molecule has 0 N–H and O–H groups in total. The highest BCUT2D eigenvalue weighted by Crippen LogP contribution is 2.11. The molecular weight excluding hydrogens is 344 g/mol. The Bertz CT molecular complexity index is 407. The zero-order chi connectivity index (χ0) is 20.5. The quantitative estimate of drug-likeness (QED) is 0.0901. The van der Waals surface area contributed by atoms with Crippen molar-refractivity contribution in [2.75, 3.05) is 6.61 Å². The van der Waals surface area contributed by atoms with Crippen LogP contribution in [0.3, 0.4) is 0 Å². The summed E-state index contributed by atoms with van der Waals surface area (Å²) in [6.07, 6.45) is 32.0. The Hall–Kier alpha value is -1.31. The summed E-state index contributed by atoms with van der Waals surface area (Å²) in [5, 5.41) is 0. The molecule has 162 valence electrons. The number of carbonyl (C=O) groups excluding carboxylic acids is 1. The molecule has 0 aliphatic rings. The van der Waals surface area contributed by atoms with Crippen LogP contribution in [0.25, 0.3) is 0 Å². The van der Waals surface area contributed by atoms with E-state index in [9.17, 15) is 4.79 Å². The largest absolute Gasteiger partial charge is 0.461 e. The van der Waals surface area contributed by atoms with Gasteiger partial charge in [0, 0.05) is 6.42 Å². The molecule has 0 aromatic heterocycles. The van der Waals surface area contributed by atoms with Gasteiger partial charge in [-0.1, -0.05) is 108 Å². The predicted octanol–water partition coefficient (Wildman–Crippen LogP) is 8.48. The van der Waals surface area contributed by atoms with Crippen molar-refractivity contribution in [2.45, 2.75) is 117 Å². The van der Waals surface area contributed by atoms with Crippen molar-refractivity contribution in [1.82, 2.24) is 0 Å². The van der Waals surface area contributed by atoms with Gasteiger partial charge in [-0.2, -0.15) is 0 Å². The Labute approximate surface area is 175 Å². The standard InChI is InChI=1S/C26H46O2/c1-3-5-7-9-11-13-14-15-16-17-18-20-22-24-26(27)28-25-23-21-19-12-10-8-6-4-2/h3,5,7,9,21,23H,4,6,8,10-20,22,24-25H2,1-2H3/b5-3-,9-7+,23-21-. The van der Waals surface area contributed by atoms with E-state index < -0.39 is 0 Å². The van der Waals surface area contributed by atoms with E-state index in [-0.39, 0.29) is 5.97 Å². The summed E-state index contributed by atoms with van der Waals surface area (Å²) in [7, 11) is 0. The van der Waals surface area contributed by atoms with Crippen LogP contribution in [0.1, 0.15) is 117 Å². The molecule has 0 saturated carbocycles. The summed E-state index contributed by atoms with van der Waals surface area (Å²) in [6, 6.07) is 0. The number of hydrogen-bond acceptors (Lipinski definition) is 2. The monoisotopic (exact) mass is 390 g/mol. The number of hydrogen-bond donors (Lipinski definition) is 0. The summed E-state index contributed by atoms with van der Waals surface area (Å²) < 4.78 is 5.26. The summed E-state index contributed by atoms with van der Waals surface area (Å²) in [6.45, 7) is 4.73. The Morgan fingerprint density at radius 2 is 1.25 bits per heavy atom. The van der Waals surface area contributed by atoms with Gasteiger partial charge in [-0.25, -0.2) is 0 Å². The van der Waals surface area contributed by atoms with Gasteiger partial charge in [0.05, 0.1) is 0 Å². The van der Waals surface area contributed by atoms with E-state index in [0.717, 1.165) is 19.3 Å². The molecule has 0 saturated heterocycles. The molecule has 2 heteroatoms. The fourth-order valence-electron chi connectivity index (χ4n) is 3.14. The molecular formula is C26H46O2. The summed E-state index contributed by atoms with van der Waals surface area (Å²) in [4.78, 5) is 11.7. The van der Waals surface area contributed by atoms with E-state index in [1.54, 1.807) is 0 Å². The van der Waals surface area contributed by atoms with E-state index >= 15 is 0 Å². The second-order valence-corrected chi connectivity index (χ2v) is 7.68. The molecule has 0 aromatic carbocycles. The molecule has 0 amide bonds. The second-order valence-electron chi connectivity index (χ2n) is 7.68. The number of esters is 1. The number of unbranched alkanes of at least 4 members (excludes halogenated alkanes) is 13. The third kappa shape index (κ3) is 22.7. The second kappa shape index (κ2) is 23.7. The summed E-state index contributed by atoms with van der Waals surface area (Å²) in [5.41, 5.74) is 0.